The van der Waals surface area contributed by atoms with Crippen LogP contribution in [0.1, 0.15) is 26.7 Å². The molecule has 0 spiro atoms. The van der Waals surface area contributed by atoms with E-state index in [0.29, 0.717) is 13.0 Å². The molecular weight excluding hydrogens is 278 g/mol. The number of amides is 1. The second-order valence-corrected chi connectivity index (χ2v) is 5.78. The van der Waals surface area contributed by atoms with Gasteiger partial charge in [0.15, 0.2) is 0 Å². The van der Waals surface area contributed by atoms with Crippen LogP contribution in [0, 0.1) is 0 Å². The Kier molecular flexibility index (Phi) is 6.07. The van der Waals surface area contributed by atoms with Crippen LogP contribution in [0.4, 0.5) is 5.69 Å². The van der Waals surface area contributed by atoms with E-state index in [4.69, 9.17) is 10.5 Å². The van der Waals surface area contributed by atoms with Gasteiger partial charge in [-0.2, -0.15) is 0 Å². The molecule has 2 rings (SSSR count). The van der Waals surface area contributed by atoms with Gasteiger partial charge in [-0.1, -0.05) is 12.1 Å². The van der Waals surface area contributed by atoms with Crippen molar-refractivity contribution in [3.63, 3.8) is 0 Å². The smallest absolute Gasteiger partial charge is 0.222 e. The van der Waals surface area contributed by atoms with Gasteiger partial charge < -0.3 is 20.3 Å². The minimum Gasteiger partial charge on any atom is -0.492 e. The Morgan fingerprint density at radius 2 is 1.95 bits per heavy atom. The van der Waals surface area contributed by atoms with Gasteiger partial charge in [-0.3, -0.25) is 4.79 Å². The SMILES string of the molecule is CCOc1ccccc1N1CCN(C(=O)CCC(C)N)CC1. The lowest BCUT2D eigenvalue weighted by Crippen LogP contribution is -2.49. The van der Waals surface area contributed by atoms with E-state index in [0.717, 1.165) is 44.0 Å². The first-order valence-corrected chi connectivity index (χ1v) is 8.12. The van der Waals surface area contributed by atoms with Crippen molar-refractivity contribution in [2.75, 3.05) is 37.7 Å². The van der Waals surface area contributed by atoms with E-state index in [1.807, 2.05) is 36.9 Å². The molecule has 1 unspecified atom stereocenters. The topological polar surface area (TPSA) is 58.8 Å². The maximum absolute atomic E-state index is 12.1. The summed E-state index contributed by atoms with van der Waals surface area (Å²) in [5.74, 6) is 1.14. The summed E-state index contributed by atoms with van der Waals surface area (Å²) in [6, 6.07) is 8.18. The summed E-state index contributed by atoms with van der Waals surface area (Å²) in [5.41, 5.74) is 6.84. The molecule has 1 aromatic carbocycles. The number of ether oxygens (including phenoxy) is 1. The van der Waals surface area contributed by atoms with Gasteiger partial charge in [-0.25, -0.2) is 0 Å². The molecule has 1 aliphatic rings. The molecule has 1 atom stereocenters. The molecule has 0 saturated carbocycles. The molecule has 0 radical (unpaired) electrons. The molecule has 1 fully saturated rings. The van der Waals surface area contributed by atoms with Crippen molar-refractivity contribution in [1.82, 2.24) is 4.90 Å². The number of carbonyl (C=O) groups is 1. The van der Waals surface area contributed by atoms with Crippen LogP contribution >= 0.6 is 0 Å². The average molecular weight is 305 g/mol. The van der Waals surface area contributed by atoms with Crippen molar-refractivity contribution in [3.05, 3.63) is 24.3 Å². The Bertz CT molecular complexity index is 483. The Balaban J connectivity index is 1.91. The number of hydrogen-bond donors (Lipinski definition) is 1. The molecule has 122 valence electrons. The van der Waals surface area contributed by atoms with Crippen LogP contribution < -0.4 is 15.4 Å². The van der Waals surface area contributed by atoms with E-state index in [-0.39, 0.29) is 11.9 Å². The second kappa shape index (κ2) is 8.03. The molecule has 5 nitrogen and oxygen atoms in total. The van der Waals surface area contributed by atoms with Gasteiger partial charge in [0.25, 0.3) is 0 Å². The third-order valence-electron chi connectivity index (χ3n) is 3.95. The molecule has 22 heavy (non-hydrogen) atoms. The first kappa shape index (κ1) is 16.6. The van der Waals surface area contributed by atoms with Crippen molar-refractivity contribution in [3.8, 4) is 5.75 Å². The van der Waals surface area contributed by atoms with Gasteiger partial charge in [0.1, 0.15) is 5.75 Å². The van der Waals surface area contributed by atoms with E-state index < -0.39 is 0 Å². The average Bonchev–Trinajstić information content (AvgIpc) is 2.53. The van der Waals surface area contributed by atoms with Crippen LogP contribution in [0.15, 0.2) is 24.3 Å². The molecule has 1 aliphatic heterocycles. The molecular formula is C17H27N3O2. The van der Waals surface area contributed by atoms with Crippen LogP contribution in [0.25, 0.3) is 0 Å². The van der Waals surface area contributed by atoms with Crippen molar-refractivity contribution in [2.24, 2.45) is 5.73 Å². The summed E-state index contributed by atoms with van der Waals surface area (Å²) in [6.07, 6.45) is 1.30. The summed E-state index contributed by atoms with van der Waals surface area (Å²) >= 11 is 0. The normalized spacial score (nSPS) is 16.5. The summed E-state index contributed by atoms with van der Waals surface area (Å²) in [6.45, 7) is 7.80. The molecule has 0 bridgehead atoms. The Hall–Kier alpha value is -1.75. The highest BCUT2D eigenvalue weighted by Gasteiger charge is 2.22. The highest BCUT2D eigenvalue weighted by molar-refractivity contribution is 5.76. The van der Waals surface area contributed by atoms with Crippen molar-refractivity contribution >= 4 is 11.6 Å². The number of para-hydroxylation sites is 2. The summed E-state index contributed by atoms with van der Waals surface area (Å²) < 4.78 is 5.69. The van der Waals surface area contributed by atoms with Gasteiger partial charge >= 0.3 is 0 Å². The lowest BCUT2D eigenvalue weighted by atomic mass is 10.1. The highest BCUT2D eigenvalue weighted by atomic mass is 16.5. The monoisotopic (exact) mass is 305 g/mol. The minimum atomic E-state index is 0.0864. The Morgan fingerprint density at radius 1 is 1.27 bits per heavy atom. The van der Waals surface area contributed by atoms with E-state index in [1.165, 1.54) is 0 Å². The Labute approximate surface area is 133 Å². The zero-order chi connectivity index (χ0) is 15.9. The molecule has 1 aromatic rings. The molecule has 1 heterocycles. The molecule has 5 heteroatoms. The fourth-order valence-electron chi connectivity index (χ4n) is 2.70. The number of nitrogens with two attached hydrogens (primary N) is 1. The fourth-order valence-corrected chi connectivity index (χ4v) is 2.70. The first-order chi connectivity index (χ1) is 10.6. The molecule has 1 saturated heterocycles. The third-order valence-corrected chi connectivity index (χ3v) is 3.95. The lowest BCUT2D eigenvalue weighted by molar-refractivity contribution is -0.131. The van der Waals surface area contributed by atoms with Gasteiger partial charge in [0.2, 0.25) is 5.91 Å². The van der Waals surface area contributed by atoms with E-state index >= 15 is 0 Å². The highest BCUT2D eigenvalue weighted by Crippen LogP contribution is 2.28. The number of nitrogens with zero attached hydrogens (tertiary/aromatic N) is 2. The number of hydrogen-bond acceptors (Lipinski definition) is 4. The van der Waals surface area contributed by atoms with E-state index in [9.17, 15) is 4.79 Å². The van der Waals surface area contributed by atoms with E-state index in [2.05, 4.69) is 11.0 Å². The number of rotatable bonds is 6. The number of piperazine rings is 1. The number of carbonyl (C=O) groups excluding carboxylic acids is 1. The van der Waals surface area contributed by atoms with Crippen LogP contribution in [0.2, 0.25) is 0 Å². The standard InChI is InChI=1S/C17H27N3O2/c1-3-22-16-7-5-4-6-15(16)19-10-12-20(13-11-19)17(21)9-8-14(2)18/h4-7,14H,3,8-13,18H2,1-2H3. The van der Waals surface area contributed by atoms with Crippen molar-refractivity contribution in [2.45, 2.75) is 32.7 Å². The van der Waals surface area contributed by atoms with Crippen molar-refractivity contribution in [1.29, 1.82) is 0 Å². The van der Waals surface area contributed by atoms with Crippen molar-refractivity contribution < 1.29 is 9.53 Å². The predicted octanol–water partition coefficient (Wildman–Crippen LogP) is 1.86. The molecule has 0 aliphatic carbocycles. The number of anilines is 1. The zero-order valence-corrected chi connectivity index (χ0v) is 13.6. The largest absolute Gasteiger partial charge is 0.492 e. The van der Waals surface area contributed by atoms with Crippen LogP contribution in [-0.4, -0.2) is 49.6 Å². The fraction of sp³-hybridized carbons (Fsp3) is 0.588. The quantitative estimate of drug-likeness (QED) is 0.871. The zero-order valence-electron chi connectivity index (χ0n) is 13.6. The summed E-state index contributed by atoms with van der Waals surface area (Å²) in [5, 5.41) is 0. The van der Waals surface area contributed by atoms with Crippen LogP contribution in [0.3, 0.4) is 0 Å². The maximum Gasteiger partial charge on any atom is 0.222 e. The second-order valence-electron chi connectivity index (χ2n) is 5.78. The molecule has 1 amide bonds. The van der Waals surface area contributed by atoms with Crippen LogP contribution in [-0.2, 0) is 4.79 Å². The predicted molar refractivity (Wildman–Crippen MR) is 89.3 cm³/mol. The summed E-state index contributed by atoms with van der Waals surface area (Å²) in [4.78, 5) is 16.4. The van der Waals surface area contributed by atoms with Crippen LogP contribution in [0.5, 0.6) is 5.75 Å². The van der Waals surface area contributed by atoms with E-state index in [1.54, 1.807) is 0 Å². The third kappa shape index (κ3) is 4.37. The maximum atomic E-state index is 12.1. The lowest BCUT2D eigenvalue weighted by Gasteiger charge is -2.36. The first-order valence-electron chi connectivity index (χ1n) is 8.12. The number of benzene rings is 1. The molecule has 2 N–H and O–H groups in total. The van der Waals surface area contributed by atoms with Gasteiger partial charge in [-0.05, 0) is 32.4 Å². The minimum absolute atomic E-state index is 0.0864. The van der Waals surface area contributed by atoms with Gasteiger partial charge in [-0.15, -0.1) is 0 Å². The Morgan fingerprint density at radius 3 is 2.59 bits per heavy atom. The molecule has 0 aromatic heterocycles. The van der Waals surface area contributed by atoms with Gasteiger partial charge in [0.05, 0.1) is 12.3 Å². The summed E-state index contributed by atoms with van der Waals surface area (Å²) in [7, 11) is 0. The van der Waals surface area contributed by atoms with Gasteiger partial charge in [0, 0.05) is 38.6 Å².